The van der Waals surface area contributed by atoms with Crippen LogP contribution in [0.5, 0.6) is 0 Å². The maximum absolute atomic E-state index is 12.6. The van der Waals surface area contributed by atoms with E-state index in [1.807, 2.05) is 18.4 Å². The van der Waals surface area contributed by atoms with Gasteiger partial charge in [-0.1, -0.05) is 6.92 Å². The van der Waals surface area contributed by atoms with E-state index in [0.29, 0.717) is 19.0 Å². The maximum atomic E-state index is 12.6. The molecule has 22 heavy (non-hydrogen) atoms. The number of aromatic nitrogens is 2. The van der Waals surface area contributed by atoms with Crippen LogP contribution >= 0.6 is 12.4 Å². The first-order chi connectivity index (χ1) is 9.98. The lowest BCUT2D eigenvalue weighted by atomic mass is 9.98. The Morgan fingerprint density at radius 1 is 1.32 bits per heavy atom. The Hall–Kier alpha value is -0.630. The lowest BCUT2D eigenvalue weighted by molar-refractivity contribution is 0.268. The molecule has 0 radical (unpaired) electrons. The average molecular weight is 351 g/mol. The molecule has 1 aliphatic heterocycles. The number of aryl methyl sites for hydroxylation is 2. The minimum atomic E-state index is -3.44. The summed E-state index contributed by atoms with van der Waals surface area (Å²) in [7, 11) is -3.44. The predicted molar refractivity (Wildman–Crippen MR) is 89.9 cm³/mol. The lowest BCUT2D eigenvalue weighted by Gasteiger charge is -2.30. The molecule has 0 spiro atoms. The van der Waals surface area contributed by atoms with E-state index >= 15 is 0 Å². The summed E-state index contributed by atoms with van der Waals surface area (Å²) in [4.78, 5) is 4.22. The Morgan fingerprint density at radius 3 is 2.45 bits per heavy atom. The molecule has 0 saturated carbocycles. The molecule has 0 bridgehead atoms. The fraction of sp³-hybridized carbons (Fsp3) is 0.786. The average Bonchev–Trinajstić information content (AvgIpc) is 2.87. The molecule has 0 aliphatic carbocycles. The molecule has 1 saturated heterocycles. The third kappa shape index (κ3) is 4.22. The van der Waals surface area contributed by atoms with Crippen LogP contribution in [0.25, 0.3) is 0 Å². The van der Waals surface area contributed by atoms with Crippen LogP contribution < -0.4 is 5.32 Å². The molecule has 1 aromatic rings. The molecule has 1 aromatic heterocycles. The summed E-state index contributed by atoms with van der Waals surface area (Å²) < 4.78 is 28.7. The van der Waals surface area contributed by atoms with Crippen LogP contribution in [0.2, 0.25) is 0 Å². The molecule has 0 unspecified atom stereocenters. The molecule has 1 fully saturated rings. The van der Waals surface area contributed by atoms with Crippen LogP contribution in [0, 0.1) is 12.8 Å². The van der Waals surface area contributed by atoms with Crippen molar-refractivity contribution in [2.75, 3.05) is 26.2 Å². The van der Waals surface area contributed by atoms with Gasteiger partial charge in [-0.3, -0.25) is 0 Å². The minimum Gasteiger partial charge on any atom is -0.334 e. The quantitative estimate of drug-likeness (QED) is 0.847. The first kappa shape index (κ1) is 19.4. The number of piperidine rings is 1. The topological polar surface area (TPSA) is 67.2 Å². The van der Waals surface area contributed by atoms with Crippen molar-refractivity contribution in [1.82, 2.24) is 19.2 Å². The predicted octanol–water partition coefficient (Wildman–Crippen LogP) is 1.64. The van der Waals surface area contributed by atoms with Crippen molar-refractivity contribution < 1.29 is 8.42 Å². The third-order valence-corrected chi connectivity index (χ3v) is 5.93. The summed E-state index contributed by atoms with van der Waals surface area (Å²) in [6, 6.07) is 0. The van der Waals surface area contributed by atoms with Gasteiger partial charge in [0.1, 0.15) is 5.82 Å². The third-order valence-electron chi connectivity index (χ3n) is 4.16. The molecule has 0 atom stereocenters. The highest BCUT2D eigenvalue weighted by Gasteiger charge is 2.31. The molecule has 6 nitrogen and oxygen atoms in total. The molecule has 1 aliphatic rings. The molecule has 2 rings (SSSR count). The van der Waals surface area contributed by atoms with Crippen molar-refractivity contribution in [3.8, 4) is 0 Å². The molecule has 1 N–H and O–H groups in total. The smallest absolute Gasteiger partial charge is 0.262 e. The molecular formula is C14H27ClN4O2S. The maximum Gasteiger partial charge on any atom is 0.262 e. The highest BCUT2D eigenvalue weighted by Crippen LogP contribution is 2.23. The van der Waals surface area contributed by atoms with Crippen LogP contribution in [0.3, 0.4) is 0 Å². The van der Waals surface area contributed by atoms with Crippen molar-refractivity contribution >= 4 is 22.4 Å². The van der Waals surface area contributed by atoms with Crippen LogP contribution in [0.1, 0.15) is 32.5 Å². The SMILES string of the molecule is CCNCC1CCN(S(=O)(=O)c2cn(CC)c(C)n2)CC1.Cl. The summed E-state index contributed by atoms with van der Waals surface area (Å²) >= 11 is 0. The van der Waals surface area contributed by atoms with Crippen LogP contribution in [0.15, 0.2) is 11.2 Å². The largest absolute Gasteiger partial charge is 0.334 e. The van der Waals surface area contributed by atoms with Crippen LogP contribution in [-0.2, 0) is 16.6 Å². The number of rotatable bonds is 6. The molecule has 128 valence electrons. The van der Waals surface area contributed by atoms with Gasteiger partial charge in [-0.2, -0.15) is 4.31 Å². The van der Waals surface area contributed by atoms with Crippen molar-refractivity contribution in [3.05, 3.63) is 12.0 Å². The highest BCUT2D eigenvalue weighted by atomic mass is 35.5. The number of halogens is 1. The Labute approximate surface area is 139 Å². The van der Waals surface area contributed by atoms with Crippen molar-refractivity contribution in [2.24, 2.45) is 5.92 Å². The fourth-order valence-electron chi connectivity index (χ4n) is 2.76. The van der Waals surface area contributed by atoms with E-state index in [2.05, 4.69) is 17.2 Å². The summed E-state index contributed by atoms with van der Waals surface area (Å²) in [6.45, 7) is 9.78. The van der Waals surface area contributed by atoms with Crippen LogP contribution in [-0.4, -0.2) is 48.5 Å². The summed E-state index contributed by atoms with van der Waals surface area (Å²) in [6.07, 6.45) is 3.48. The Bertz CT molecular complexity index is 565. The van der Waals surface area contributed by atoms with E-state index in [1.54, 1.807) is 10.5 Å². The first-order valence-electron chi connectivity index (χ1n) is 7.73. The number of hydrogen-bond acceptors (Lipinski definition) is 4. The second-order valence-corrected chi connectivity index (χ2v) is 7.45. The van der Waals surface area contributed by atoms with Gasteiger partial charge < -0.3 is 9.88 Å². The van der Waals surface area contributed by atoms with E-state index < -0.39 is 10.0 Å². The zero-order valence-corrected chi connectivity index (χ0v) is 15.2. The van der Waals surface area contributed by atoms with Crippen molar-refractivity contribution in [2.45, 2.75) is 45.2 Å². The molecule has 2 heterocycles. The number of hydrogen-bond donors (Lipinski definition) is 1. The van der Waals surface area contributed by atoms with Gasteiger partial charge in [-0.05, 0) is 45.7 Å². The molecule has 0 amide bonds. The van der Waals surface area contributed by atoms with E-state index in [-0.39, 0.29) is 17.4 Å². The van der Waals surface area contributed by atoms with Gasteiger partial charge in [-0.25, -0.2) is 13.4 Å². The summed E-state index contributed by atoms with van der Waals surface area (Å²) in [5.74, 6) is 1.32. The normalized spacial score (nSPS) is 17.4. The number of nitrogens with one attached hydrogen (secondary N) is 1. The zero-order chi connectivity index (χ0) is 15.5. The van der Waals surface area contributed by atoms with E-state index in [0.717, 1.165) is 38.3 Å². The van der Waals surface area contributed by atoms with E-state index in [1.165, 1.54) is 0 Å². The van der Waals surface area contributed by atoms with E-state index in [4.69, 9.17) is 0 Å². The lowest BCUT2D eigenvalue weighted by Crippen LogP contribution is -2.40. The van der Waals surface area contributed by atoms with Gasteiger partial charge in [0.05, 0.1) is 0 Å². The first-order valence-corrected chi connectivity index (χ1v) is 9.17. The van der Waals surface area contributed by atoms with Gasteiger partial charge in [0, 0.05) is 25.8 Å². The molecular weight excluding hydrogens is 324 g/mol. The Kier molecular flexibility index (Phi) is 7.31. The Morgan fingerprint density at radius 2 is 1.95 bits per heavy atom. The number of imidazole rings is 1. The second-order valence-electron chi connectivity index (χ2n) is 5.57. The van der Waals surface area contributed by atoms with Crippen molar-refractivity contribution in [3.63, 3.8) is 0 Å². The number of sulfonamides is 1. The molecule has 8 heteroatoms. The minimum absolute atomic E-state index is 0. The molecule has 0 aromatic carbocycles. The van der Waals surface area contributed by atoms with Gasteiger partial charge in [0.2, 0.25) is 0 Å². The summed E-state index contributed by atoms with van der Waals surface area (Å²) in [5.41, 5.74) is 0. The zero-order valence-electron chi connectivity index (χ0n) is 13.6. The van der Waals surface area contributed by atoms with Gasteiger partial charge in [0.15, 0.2) is 5.03 Å². The number of nitrogens with zero attached hydrogens (tertiary/aromatic N) is 3. The highest BCUT2D eigenvalue weighted by molar-refractivity contribution is 7.89. The standard InChI is InChI=1S/C14H26N4O2S.ClH/c1-4-15-10-13-6-8-18(9-7-13)21(19,20)14-11-17(5-2)12(3)16-14;/h11,13,15H,4-10H2,1-3H3;1H. The fourth-order valence-corrected chi connectivity index (χ4v) is 4.22. The van der Waals surface area contributed by atoms with Crippen molar-refractivity contribution in [1.29, 1.82) is 0 Å². The van der Waals surface area contributed by atoms with Gasteiger partial charge >= 0.3 is 0 Å². The van der Waals surface area contributed by atoms with E-state index in [9.17, 15) is 8.42 Å². The van der Waals surface area contributed by atoms with Crippen LogP contribution in [0.4, 0.5) is 0 Å². The van der Waals surface area contributed by atoms with Gasteiger partial charge in [0.25, 0.3) is 10.0 Å². The Balaban J connectivity index is 0.00000242. The monoisotopic (exact) mass is 350 g/mol. The summed E-state index contributed by atoms with van der Waals surface area (Å²) in [5, 5.41) is 3.53. The van der Waals surface area contributed by atoms with Gasteiger partial charge in [-0.15, -0.1) is 12.4 Å². The second kappa shape index (κ2) is 8.29.